The van der Waals surface area contributed by atoms with Crippen LogP contribution in [0.4, 0.5) is 4.39 Å². The smallest absolute Gasteiger partial charge is 0.222 e. The summed E-state index contributed by atoms with van der Waals surface area (Å²) in [5.41, 5.74) is 6.51. The van der Waals surface area contributed by atoms with Crippen molar-refractivity contribution in [3.05, 3.63) is 35.6 Å². The molecule has 0 aliphatic rings. The summed E-state index contributed by atoms with van der Waals surface area (Å²) in [7, 11) is 1.76. The van der Waals surface area contributed by atoms with Gasteiger partial charge in [0.2, 0.25) is 5.91 Å². The van der Waals surface area contributed by atoms with Gasteiger partial charge in [-0.05, 0) is 30.2 Å². The van der Waals surface area contributed by atoms with Crippen molar-refractivity contribution in [1.82, 2.24) is 4.90 Å². The van der Waals surface area contributed by atoms with E-state index in [1.165, 1.54) is 12.1 Å². The Labute approximate surface area is 108 Å². The summed E-state index contributed by atoms with van der Waals surface area (Å²) >= 11 is 0. The van der Waals surface area contributed by atoms with E-state index in [1.807, 2.05) is 6.92 Å². The van der Waals surface area contributed by atoms with Gasteiger partial charge in [-0.15, -0.1) is 0 Å². The van der Waals surface area contributed by atoms with Gasteiger partial charge in [-0.2, -0.15) is 0 Å². The maximum atomic E-state index is 12.8. The van der Waals surface area contributed by atoms with E-state index in [4.69, 9.17) is 5.73 Å². The fourth-order valence-electron chi connectivity index (χ4n) is 1.75. The normalized spacial score (nSPS) is 12.2. The molecule has 0 spiro atoms. The number of nitrogens with zero attached hydrogens (tertiary/aromatic N) is 1. The highest BCUT2D eigenvalue weighted by Gasteiger charge is 2.14. The molecular weight excluding hydrogens is 231 g/mol. The highest BCUT2D eigenvalue weighted by molar-refractivity contribution is 5.76. The van der Waals surface area contributed by atoms with Gasteiger partial charge < -0.3 is 10.6 Å². The Morgan fingerprint density at radius 1 is 1.39 bits per heavy atom. The summed E-state index contributed by atoms with van der Waals surface area (Å²) < 4.78 is 12.8. The molecule has 2 N–H and O–H groups in total. The Bertz CT molecular complexity index is 374. The molecule has 1 aromatic carbocycles. The molecule has 18 heavy (non-hydrogen) atoms. The lowest BCUT2D eigenvalue weighted by Crippen LogP contribution is -2.29. The minimum atomic E-state index is -0.262. The van der Waals surface area contributed by atoms with Crippen molar-refractivity contribution in [2.24, 2.45) is 11.7 Å². The molecule has 3 nitrogen and oxygen atoms in total. The number of carbonyl (C=O) groups is 1. The maximum absolute atomic E-state index is 12.8. The van der Waals surface area contributed by atoms with Crippen molar-refractivity contribution in [2.45, 2.75) is 26.3 Å². The van der Waals surface area contributed by atoms with Crippen LogP contribution in [0.3, 0.4) is 0 Å². The Hall–Kier alpha value is -1.42. The zero-order valence-corrected chi connectivity index (χ0v) is 11.0. The number of halogens is 1. The van der Waals surface area contributed by atoms with E-state index in [0.29, 0.717) is 19.5 Å². The fraction of sp³-hybridized carbons (Fsp3) is 0.500. The zero-order chi connectivity index (χ0) is 13.5. The fourth-order valence-corrected chi connectivity index (χ4v) is 1.75. The molecule has 4 heteroatoms. The molecular formula is C14H21FN2O. The van der Waals surface area contributed by atoms with Crippen molar-refractivity contribution in [3.8, 4) is 0 Å². The largest absolute Gasteiger partial charge is 0.341 e. The van der Waals surface area contributed by atoms with Crippen LogP contribution in [0.1, 0.15) is 25.3 Å². The standard InChI is InChI=1S/C14H21FN2O/c1-3-11(9-16)8-14(18)17(2)10-12-4-6-13(15)7-5-12/h4-7,11H,3,8-10,16H2,1-2H3. The van der Waals surface area contributed by atoms with Crippen molar-refractivity contribution in [3.63, 3.8) is 0 Å². The minimum Gasteiger partial charge on any atom is -0.341 e. The van der Waals surface area contributed by atoms with Crippen LogP contribution in [-0.2, 0) is 11.3 Å². The molecule has 0 aliphatic heterocycles. The predicted octanol–water partition coefficient (Wildman–Crippen LogP) is 2.16. The third-order valence-electron chi connectivity index (χ3n) is 3.13. The number of rotatable bonds is 6. The molecule has 0 aliphatic carbocycles. The number of nitrogens with two attached hydrogens (primary N) is 1. The van der Waals surface area contributed by atoms with E-state index in [-0.39, 0.29) is 17.6 Å². The third kappa shape index (κ3) is 4.45. The van der Waals surface area contributed by atoms with E-state index in [0.717, 1.165) is 12.0 Å². The van der Waals surface area contributed by atoms with Crippen molar-refractivity contribution < 1.29 is 9.18 Å². The summed E-state index contributed by atoms with van der Waals surface area (Å²) in [6.45, 7) is 3.07. The molecule has 0 heterocycles. The number of hydrogen-bond donors (Lipinski definition) is 1. The monoisotopic (exact) mass is 252 g/mol. The summed E-state index contributed by atoms with van der Waals surface area (Å²) in [5.74, 6) is 0.0618. The van der Waals surface area contributed by atoms with E-state index in [1.54, 1.807) is 24.1 Å². The molecule has 100 valence electrons. The van der Waals surface area contributed by atoms with Crippen molar-refractivity contribution >= 4 is 5.91 Å². The highest BCUT2D eigenvalue weighted by Crippen LogP contribution is 2.11. The molecule has 0 radical (unpaired) electrons. The second-order valence-corrected chi connectivity index (χ2v) is 4.59. The molecule has 1 unspecified atom stereocenters. The van der Waals surface area contributed by atoms with Crippen LogP contribution in [0.5, 0.6) is 0 Å². The molecule has 1 atom stereocenters. The SMILES string of the molecule is CCC(CN)CC(=O)N(C)Cc1ccc(F)cc1. The number of amides is 1. The summed E-state index contributed by atoms with van der Waals surface area (Å²) in [5, 5.41) is 0. The van der Waals surface area contributed by atoms with Gasteiger partial charge in [-0.3, -0.25) is 4.79 Å². The second kappa shape index (κ2) is 7.11. The van der Waals surface area contributed by atoms with Gasteiger partial charge in [-0.25, -0.2) is 4.39 Å². The highest BCUT2D eigenvalue weighted by atomic mass is 19.1. The Kier molecular flexibility index (Phi) is 5.78. The topological polar surface area (TPSA) is 46.3 Å². The second-order valence-electron chi connectivity index (χ2n) is 4.59. The van der Waals surface area contributed by atoms with E-state index < -0.39 is 0 Å². The van der Waals surface area contributed by atoms with Crippen LogP contribution in [0.15, 0.2) is 24.3 Å². The molecule has 0 aromatic heterocycles. The average Bonchev–Trinajstić information content (AvgIpc) is 2.38. The first kappa shape index (κ1) is 14.6. The molecule has 0 saturated carbocycles. The maximum Gasteiger partial charge on any atom is 0.222 e. The van der Waals surface area contributed by atoms with Gasteiger partial charge in [-0.1, -0.05) is 25.5 Å². The Morgan fingerprint density at radius 2 is 2.00 bits per heavy atom. The van der Waals surface area contributed by atoms with E-state index >= 15 is 0 Å². The predicted molar refractivity (Wildman–Crippen MR) is 70.3 cm³/mol. The third-order valence-corrected chi connectivity index (χ3v) is 3.13. The van der Waals surface area contributed by atoms with Gasteiger partial charge in [0.15, 0.2) is 0 Å². The zero-order valence-electron chi connectivity index (χ0n) is 11.0. The van der Waals surface area contributed by atoms with Crippen LogP contribution in [0, 0.1) is 11.7 Å². The van der Waals surface area contributed by atoms with Crippen LogP contribution in [-0.4, -0.2) is 24.4 Å². The van der Waals surface area contributed by atoms with Crippen LogP contribution < -0.4 is 5.73 Å². The molecule has 1 amide bonds. The Balaban J connectivity index is 2.51. The summed E-state index contributed by atoms with van der Waals surface area (Å²) in [6.07, 6.45) is 1.39. The first-order chi connectivity index (χ1) is 8.56. The number of hydrogen-bond acceptors (Lipinski definition) is 2. The van der Waals surface area contributed by atoms with Crippen LogP contribution >= 0.6 is 0 Å². The molecule has 1 aromatic rings. The number of carbonyl (C=O) groups excluding carboxylic acids is 1. The first-order valence-corrected chi connectivity index (χ1v) is 6.25. The van der Waals surface area contributed by atoms with Gasteiger partial charge in [0.25, 0.3) is 0 Å². The minimum absolute atomic E-state index is 0.0802. The lowest BCUT2D eigenvalue weighted by molar-refractivity contribution is -0.131. The lowest BCUT2D eigenvalue weighted by atomic mass is 10.0. The van der Waals surface area contributed by atoms with E-state index in [9.17, 15) is 9.18 Å². The quantitative estimate of drug-likeness (QED) is 0.843. The van der Waals surface area contributed by atoms with Crippen LogP contribution in [0.2, 0.25) is 0 Å². The first-order valence-electron chi connectivity index (χ1n) is 6.25. The van der Waals surface area contributed by atoms with Crippen LogP contribution in [0.25, 0.3) is 0 Å². The lowest BCUT2D eigenvalue weighted by Gasteiger charge is -2.20. The molecule has 0 fully saturated rings. The van der Waals surface area contributed by atoms with Crippen molar-refractivity contribution in [2.75, 3.05) is 13.6 Å². The van der Waals surface area contributed by atoms with Gasteiger partial charge >= 0.3 is 0 Å². The molecule has 1 rings (SSSR count). The summed E-state index contributed by atoms with van der Waals surface area (Å²) in [6, 6.07) is 6.20. The van der Waals surface area contributed by atoms with Gasteiger partial charge in [0, 0.05) is 20.0 Å². The Morgan fingerprint density at radius 3 is 2.50 bits per heavy atom. The molecule has 0 saturated heterocycles. The average molecular weight is 252 g/mol. The van der Waals surface area contributed by atoms with E-state index in [2.05, 4.69) is 0 Å². The summed E-state index contributed by atoms with van der Waals surface area (Å²) in [4.78, 5) is 13.6. The molecule has 0 bridgehead atoms. The van der Waals surface area contributed by atoms with Gasteiger partial charge in [0.05, 0.1) is 0 Å². The van der Waals surface area contributed by atoms with Gasteiger partial charge in [0.1, 0.15) is 5.82 Å². The van der Waals surface area contributed by atoms with Crippen molar-refractivity contribution in [1.29, 1.82) is 0 Å². The number of benzene rings is 1.